The summed E-state index contributed by atoms with van der Waals surface area (Å²) in [4.78, 5) is 4.14. The molecule has 2 rings (SSSR count). The third kappa shape index (κ3) is 2.08. The van der Waals surface area contributed by atoms with Gasteiger partial charge in [0.1, 0.15) is 6.10 Å². The second kappa shape index (κ2) is 4.55. The van der Waals surface area contributed by atoms with Gasteiger partial charge in [-0.2, -0.15) is 0 Å². The highest BCUT2D eigenvalue weighted by Crippen LogP contribution is 2.28. The predicted molar refractivity (Wildman–Crippen MR) is 63.1 cm³/mol. The highest BCUT2D eigenvalue weighted by Gasteiger charge is 2.13. The molecule has 1 aromatic heterocycles. The maximum Gasteiger partial charge on any atom is 0.120 e. The van der Waals surface area contributed by atoms with E-state index in [9.17, 15) is 5.11 Å². The van der Waals surface area contributed by atoms with Gasteiger partial charge in [0.15, 0.2) is 0 Å². The Morgan fingerprint density at radius 3 is 2.67 bits per heavy atom. The summed E-state index contributed by atoms with van der Waals surface area (Å²) >= 11 is 1.65. The fraction of sp³-hybridized carbons (Fsp3) is 0.167. The molecule has 0 aliphatic carbocycles. The van der Waals surface area contributed by atoms with Crippen molar-refractivity contribution in [2.24, 2.45) is 0 Å². The van der Waals surface area contributed by atoms with Crippen LogP contribution < -0.4 is 0 Å². The Labute approximate surface area is 93.3 Å². The van der Waals surface area contributed by atoms with Crippen LogP contribution in [-0.4, -0.2) is 16.3 Å². The van der Waals surface area contributed by atoms with E-state index in [2.05, 4.69) is 4.98 Å². The van der Waals surface area contributed by atoms with Gasteiger partial charge < -0.3 is 10.1 Å². The number of aromatic amines is 1. The van der Waals surface area contributed by atoms with E-state index in [1.165, 1.54) is 0 Å². The molecule has 3 heteroatoms. The molecule has 1 atom stereocenters. The highest BCUT2D eigenvalue weighted by molar-refractivity contribution is 7.98. The number of benzene rings is 1. The molecule has 0 aliphatic heterocycles. The third-order valence-corrected chi connectivity index (χ3v) is 3.16. The minimum atomic E-state index is -0.566. The number of H-pyrrole nitrogens is 1. The van der Waals surface area contributed by atoms with Crippen molar-refractivity contribution in [1.29, 1.82) is 0 Å². The molecule has 2 N–H and O–H groups in total. The van der Waals surface area contributed by atoms with E-state index in [0.717, 1.165) is 16.2 Å². The maximum atomic E-state index is 10.1. The third-order valence-electron chi connectivity index (χ3n) is 2.35. The summed E-state index contributed by atoms with van der Waals surface area (Å²) in [6.45, 7) is 0. The van der Waals surface area contributed by atoms with Gasteiger partial charge in [-0.25, -0.2) is 0 Å². The van der Waals surface area contributed by atoms with E-state index in [4.69, 9.17) is 0 Å². The van der Waals surface area contributed by atoms with Crippen LogP contribution in [0.1, 0.15) is 17.4 Å². The lowest BCUT2D eigenvalue weighted by molar-refractivity contribution is 0.213. The fourth-order valence-corrected chi connectivity index (χ4v) is 2.20. The normalized spacial score (nSPS) is 12.7. The van der Waals surface area contributed by atoms with Gasteiger partial charge in [-0.1, -0.05) is 18.2 Å². The van der Waals surface area contributed by atoms with Crippen LogP contribution in [0.3, 0.4) is 0 Å². The second-order valence-corrected chi connectivity index (χ2v) is 4.12. The van der Waals surface area contributed by atoms with E-state index in [-0.39, 0.29) is 0 Å². The molecule has 1 aromatic carbocycles. The van der Waals surface area contributed by atoms with Crippen LogP contribution in [0.4, 0.5) is 0 Å². The molecule has 78 valence electrons. The van der Waals surface area contributed by atoms with Crippen LogP contribution >= 0.6 is 11.8 Å². The predicted octanol–water partition coefficient (Wildman–Crippen LogP) is 2.82. The number of rotatable bonds is 3. The Morgan fingerprint density at radius 2 is 2.00 bits per heavy atom. The minimum absolute atomic E-state index is 0.566. The van der Waals surface area contributed by atoms with E-state index in [1.54, 1.807) is 11.8 Å². The Bertz CT molecular complexity index is 425. The van der Waals surface area contributed by atoms with Crippen molar-refractivity contribution >= 4 is 11.8 Å². The second-order valence-electron chi connectivity index (χ2n) is 3.27. The summed E-state index contributed by atoms with van der Waals surface area (Å²) in [5.41, 5.74) is 1.78. The SMILES string of the molecule is CSc1ccccc1C(O)c1ccc[nH]1. The van der Waals surface area contributed by atoms with Gasteiger partial charge in [-0.3, -0.25) is 0 Å². The first kappa shape index (κ1) is 10.3. The van der Waals surface area contributed by atoms with Gasteiger partial charge in [0.25, 0.3) is 0 Å². The number of nitrogens with one attached hydrogen (secondary N) is 1. The Kier molecular flexibility index (Phi) is 3.14. The number of aromatic nitrogens is 1. The molecule has 1 unspecified atom stereocenters. The van der Waals surface area contributed by atoms with E-state index < -0.39 is 6.10 Å². The first-order valence-corrected chi connectivity index (χ1v) is 5.99. The molecule has 0 fully saturated rings. The Balaban J connectivity index is 2.37. The number of aliphatic hydroxyl groups is 1. The highest BCUT2D eigenvalue weighted by atomic mass is 32.2. The van der Waals surface area contributed by atoms with Gasteiger partial charge in [0.2, 0.25) is 0 Å². The summed E-state index contributed by atoms with van der Waals surface area (Å²) in [7, 11) is 0. The Hall–Kier alpha value is -1.19. The molecule has 0 aliphatic rings. The van der Waals surface area contributed by atoms with Gasteiger partial charge in [-0.15, -0.1) is 11.8 Å². The van der Waals surface area contributed by atoms with Crippen LogP contribution in [0.15, 0.2) is 47.5 Å². The number of hydrogen-bond donors (Lipinski definition) is 2. The van der Waals surface area contributed by atoms with Crippen molar-refractivity contribution in [2.45, 2.75) is 11.0 Å². The van der Waals surface area contributed by atoms with E-state index in [0.29, 0.717) is 0 Å². The molecule has 0 bridgehead atoms. The van der Waals surface area contributed by atoms with Crippen LogP contribution in [0.25, 0.3) is 0 Å². The van der Waals surface area contributed by atoms with Crippen molar-refractivity contribution < 1.29 is 5.11 Å². The molecule has 0 radical (unpaired) electrons. The van der Waals surface area contributed by atoms with E-state index in [1.807, 2.05) is 48.9 Å². The molecule has 0 amide bonds. The van der Waals surface area contributed by atoms with E-state index >= 15 is 0 Å². The molecule has 2 nitrogen and oxygen atoms in total. The lowest BCUT2D eigenvalue weighted by Crippen LogP contribution is -2.01. The lowest BCUT2D eigenvalue weighted by atomic mass is 10.1. The minimum Gasteiger partial charge on any atom is -0.382 e. The molecule has 15 heavy (non-hydrogen) atoms. The summed E-state index contributed by atoms with van der Waals surface area (Å²) in [5, 5.41) is 10.1. The zero-order valence-electron chi connectivity index (χ0n) is 8.47. The molecule has 2 aromatic rings. The smallest absolute Gasteiger partial charge is 0.120 e. The topological polar surface area (TPSA) is 36.0 Å². The fourth-order valence-electron chi connectivity index (χ4n) is 1.57. The van der Waals surface area contributed by atoms with Crippen LogP contribution in [0, 0.1) is 0 Å². The standard InChI is InChI=1S/C12H13NOS/c1-15-11-7-3-2-5-9(11)12(14)10-6-4-8-13-10/h2-8,12-14H,1H3. The molecule has 0 spiro atoms. The quantitative estimate of drug-likeness (QED) is 0.779. The monoisotopic (exact) mass is 219 g/mol. The lowest BCUT2D eigenvalue weighted by Gasteiger charge is -2.12. The first-order valence-electron chi connectivity index (χ1n) is 4.77. The largest absolute Gasteiger partial charge is 0.382 e. The van der Waals surface area contributed by atoms with Crippen molar-refractivity contribution in [1.82, 2.24) is 4.98 Å². The molecular formula is C12H13NOS. The van der Waals surface area contributed by atoms with Gasteiger partial charge in [-0.05, 0) is 30.0 Å². The van der Waals surface area contributed by atoms with Crippen molar-refractivity contribution in [3.05, 3.63) is 53.9 Å². The summed E-state index contributed by atoms with van der Waals surface area (Å²) in [6.07, 6.45) is 3.27. The molecule has 1 heterocycles. The zero-order chi connectivity index (χ0) is 10.7. The average molecular weight is 219 g/mol. The van der Waals surface area contributed by atoms with Crippen LogP contribution in [-0.2, 0) is 0 Å². The van der Waals surface area contributed by atoms with Crippen molar-refractivity contribution in [3.8, 4) is 0 Å². The molecule has 0 saturated heterocycles. The maximum absolute atomic E-state index is 10.1. The molecule has 0 saturated carbocycles. The summed E-state index contributed by atoms with van der Waals surface area (Å²) < 4.78 is 0. The Morgan fingerprint density at radius 1 is 1.20 bits per heavy atom. The summed E-state index contributed by atoms with van der Waals surface area (Å²) in [5.74, 6) is 0. The van der Waals surface area contributed by atoms with Gasteiger partial charge >= 0.3 is 0 Å². The van der Waals surface area contributed by atoms with Crippen molar-refractivity contribution in [2.75, 3.05) is 6.26 Å². The first-order chi connectivity index (χ1) is 7.33. The zero-order valence-corrected chi connectivity index (χ0v) is 9.29. The number of hydrogen-bond acceptors (Lipinski definition) is 2. The van der Waals surface area contributed by atoms with Gasteiger partial charge in [0.05, 0.1) is 0 Å². The van der Waals surface area contributed by atoms with Crippen LogP contribution in [0.5, 0.6) is 0 Å². The average Bonchev–Trinajstić information content (AvgIpc) is 2.81. The molecular weight excluding hydrogens is 206 g/mol. The van der Waals surface area contributed by atoms with Gasteiger partial charge in [0, 0.05) is 16.8 Å². The summed E-state index contributed by atoms with van der Waals surface area (Å²) in [6, 6.07) is 11.7. The van der Waals surface area contributed by atoms with Crippen LogP contribution in [0.2, 0.25) is 0 Å². The number of aliphatic hydroxyl groups excluding tert-OH is 1. The number of thioether (sulfide) groups is 1. The van der Waals surface area contributed by atoms with Crippen molar-refractivity contribution in [3.63, 3.8) is 0 Å².